The third kappa shape index (κ3) is 3.22. The third-order valence-corrected chi connectivity index (χ3v) is 4.89. The van der Waals surface area contributed by atoms with Crippen molar-refractivity contribution >= 4 is 27.7 Å². The molecular formula is C12H18BrN3S. The van der Waals surface area contributed by atoms with Gasteiger partial charge < -0.3 is 5.73 Å². The summed E-state index contributed by atoms with van der Waals surface area (Å²) in [7, 11) is 2.18. The highest BCUT2D eigenvalue weighted by molar-refractivity contribution is 9.10. The predicted molar refractivity (Wildman–Crippen MR) is 77.2 cm³/mol. The lowest BCUT2D eigenvalue weighted by Gasteiger charge is -2.32. The Morgan fingerprint density at radius 2 is 2.47 bits per heavy atom. The van der Waals surface area contributed by atoms with Gasteiger partial charge in [0.1, 0.15) is 0 Å². The molecule has 5 heteroatoms. The van der Waals surface area contributed by atoms with E-state index in [0.29, 0.717) is 12.6 Å². The highest BCUT2D eigenvalue weighted by Crippen LogP contribution is 2.28. The Labute approximate surface area is 115 Å². The minimum Gasteiger partial charge on any atom is -0.329 e. The molecule has 1 aromatic rings. The molecule has 1 fully saturated rings. The molecule has 1 aromatic heterocycles. The SMILES string of the molecule is CN(C1CCSC1)C(CN)c1cncc(Br)c1. The lowest BCUT2D eigenvalue weighted by molar-refractivity contribution is 0.192. The number of pyridine rings is 1. The van der Waals surface area contributed by atoms with Crippen LogP contribution in [0, 0.1) is 0 Å². The van der Waals surface area contributed by atoms with Crippen molar-refractivity contribution in [1.29, 1.82) is 0 Å². The highest BCUT2D eigenvalue weighted by Gasteiger charge is 2.26. The molecule has 1 aliphatic heterocycles. The maximum absolute atomic E-state index is 5.93. The third-order valence-electron chi connectivity index (χ3n) is 3.31. The summed E-state index contributed by atoms with van der Waals surface area (Å²) in [5, 5.41) is 0. The van der Waals surface area contributed by atoms with Crippen molar-refractivity contribution in [2.45, 2.75) is 18.5 Å². The smallest absolute Gasteiger partial charge is 0.0486 e. The van der Waals surface area contributed by atoms with E-state index in [1.54, 1.807) is 0 Å². The minimum absolute atomic E-state index is 0.267. The maximum atomic E-state index is 5.93. The predicted octanol–water partition coefficient (Wildman–Crippen LogP) is 2.28. The molecule has 94 valence electrons. The van der Waals surface area contributed by atoms with Crippen LogP contribution in [0.4, 0.5) is 0 Å². The maximum Gasteiger partial charge on any atom is 0.0486 e. The summed E-state index contributed by atoms with van der Waals surface area (Å²) in [5.41, 5.74) is 7.13. The van der Waals surface area contributed by atoms with Crippen molar-refractivity contribution in [2.75, 3.05) is 25.1 Å². The fraction of sp³-hybridized carbons (Fsp3) is 0.583. The van der Waals surface area contributed by atoms with Gasteiger partial charge in [0, 0.05) is 41.2 Å². The summed E-state index contributed by atoms with van der Waals surface area (Å²) in [6.07, 6.45) is 4.99. The lowest BCUT2D eigenvalue weighted by Crippen LogP contribution is -2.38. The summed E-state index contributed by atoms with van der Waals surface area (Å²) in [6.45, 7) is 0.635. The Bertz CT molecular complexity index is 369. The molecule has 0 spiro atoms. The molecule has 2 unspecified atom stereocenters. The van der Waals surface area contributed by atoms with E-state index in [1.165, 1.54) is 23.5 Å². The average molecular weight is 316 g/mol. The number of nitrogens with two attached hydrogens (primary N) is 1. The molecule has 0 radical (unpaired) electrons. The Balaban J connectivity index is 2.14. The summed E-state index contributed by atoms with van der Waals surface area (Å²) in [6, 6.07) is 3.03. The number of likely N-dealkylation sites (N-methyl/N-ethyl adjacent to an activating group) is 1. The first kappa shape index (κ1) is 13.3. The van der Waals surface area contributed by atoms with Crippen LogP contribution in [0.2, 0.25) is 0 Å². The van der Waals surface area contributed by atoms with Gasteiger partial charge in [0.2, 0.25) is 0 Å². The van der Waals surface area contributed by atoms with Crippen molar-refractivity contribution in [3.05, 3.63) is 28.5 Å². The standard InChI is InChI=1S/C12H18BrN3S/c1-16(11-2-3-17-8-11)12(5-14)9-4-10(13)7-15-6-9/h4,6-7,11-12H,2-3,5,8,14H2,1H3. The summed E-state index contributed by atoms with van der Waals surface area (Å²) in [4.78, 5) is 6.63. The Morgan fingerprint density at radius 3 is 3.06 bits per heavy atom. The average Bonchev–Trinajstić information content (AvgIpc) is 2.83. The first-order valence-corrected chi connectivity index (χ1v) is 7.77. The molecule has 1 aliphatic rings. The van der Waals surface area contributed by atoms with Crippen molar-refractivity contribution in [1.82, 2.24) is 9.88 Å². The largest absolute Gasteiger partial charge is 0.329 e. The van der Waals surface area contributed by atoms with Gasteiger partial charge in [-0.2, -0.15) is 11.8 Å². The van der Waals surface area contributed by atoms with E-state index >= 15 is 0 Å². The lowest BCUT2D eigenvalue weighted by atomic mass is 10.1. The first-order valence-electron chi connectivity index (χ1n) is 5.82. The number of aromatic nitrogens is 1. The van der Waals surface area contributed by atoms with E-state index in [0.717, 1.165) is 4.47 Å². The molecule has 2 atom stereocenters. The molecule has 0 saturated carbocycles. The number of hydrogen-bond acceptors (Lipinski definition) is 4. The number of rotatable bonds is 4. The van der Waals surface area contributed by atoms with E-state index in [2.05, 4.69) is 38.9 Å². The topological polar surface area (TPSA) is 42.1 Å². The van der Waals surface area contributed by atoms with E-state index < -0.39 is 0 Å². The molecule has 0 aromatic carbocycles. The van der Waals surface area contributed by atoms with E-state index in [9.17, 15) is 0 Å². The van der Waals surface area contributed by atoms with Gasteiger partial charge >= 0.3 is 0 Å². The quantitative estimate of drug-likeness (QED) is 0.925. The van der Waals surface area contributed by atoms with Crippen LogP contribution in [0.25, 0.3) is 0 Å². The molecule has 3 nitrogen and oxygen atoms in total. The Morgan fingerprint density at radius 1 is 1.65 bits per heavy atom. The van der Waals surface area contributed by atoms with Gasteiger partial charge in [-0.05, 0) is 46.8 Å². The number of hydrogen-bond donors (Lipinski definition) is 1. The van der Waals surface area contributed by atoms with Crippen LogP contribution in [0.15, 0.2) is 22.9 Å². The molecule has 2 N–H and O–H groups in total. The molecular weight excluding hydrogens is 298 g/mol. The second-order valence-corrected chi connectivity index (χ2v) is 6.44. The number of halogens is 1. The van der Waals surface area contributed by atoms with Gasteiger partial charge in [0.25, 0.3) is 0 Å². The van der Waals surface area contributed by atoms with Gasteiger partial charge in [-0.3, -0.25) is 9.88 Å². The zero-order chi connectivity index (χ0) is 12.3. The van der Waals surface area contributed by atoms with Crippen LogP contribution in [0.1, 0.15) is 18.0 Å². The molecule has 2 heterocycles. The zero-order valence-corrected chi connectivity index (χ0v) is 12.4. The minimum atomic E-state index is 0.267. The Kier molecular flexibility index (Phi) is 4.85. The normalized spacial score (nSPS) is 22.0. The van der Waals surface area contributed by atoms with E-state index in [1.807, 2.05) is 24.2 Å². The first-order chi connectivity index (χ1) is 8.22. The molecule has 0 amide bonds. The number of thioether (sulfide) groups is 1. The molecule has 0 aliphatic carbocycles. The highest BCUT2D eigenvalue weighted by atomic mass is 79.9. The van der Waals surface area contributed by atoms with Crippen molar-refractivity contribution in [3.8, 4) is 0 Å². The Hall–Kier alpha value is -0.100. The van der Waals surface area contributed by atoms with Crippen LogP contribution >= 0.6 is 27.7 Å². The van der Waals surface area contributed by atoms with Gasteiger partial charge in [-0.15, -0.1) is 0 Å². The molecule has 0 bridgehead atoms. The van der Waals surface area contributed by atoms with E-state index in [4.69, 9.17) is 5.73 Å². The monoisotopic (exact) mass is 315 g/mol. The summed E-state index contributed by atoms with van der Waals surface area (Å²) >= 11 is 5.50. The summed E-state index contributed by atoms with van der Waals surface area (Å²) in [5.74, 6) is 2.48. The van der Waals surface area contributed by atoms with Crippen LogP contribution in [-0.2, 0) is 0 Å². The van der Waals surface area contributed by atoms with E-state index in [-0.39, 0.29) is 6.04 Å². The van der Waals surface area contributed by atoms with Gasteiger partial charge in [-0.25, -0.2) is 0 Å². The van der Waals surface area contributed by atoms with Crippen LogP contribution < -0.4 is 5.73 Å². The summed E-state index contributed by atoms with van der Waals surface area (Å²) < 4.78 is 1.02. The molecule has 1 saturated heterocycles. The van der Waals surface area contributed by atoms with Crippen LogP contribution in [0.5, 0.6) is 0 Å². The number of nitrogens with zero attached hydrogens (tertiary/aromatic N) is 2. The molecule has 2 rings (SSSR count). The fourth-order valence-electron chi connectivity index (χ4n) is 2.25. The van der Waals surface area contributed by atoms with Crippen molar-refractivity contribution < 1.29 is 0 Å². The van der Waals surface area contributed by atoms with Gasteiger partial charge in [0.15, 0.2) is 0 Å². The van der Waals surface area contributed by atoms with Crippen LogP contribution in [0.3, 0.4) is 0 Å². The fourth-order valence-corrected chi connectivity index (χ4v) is 3.91. The van der Waals surface area contributed by atoms with Gasteiger partial charge in [-0.1, -0.05) is 0 Å². The molecule has 17 heavy (non-hydrogen) atoms. The zero-order valence-electron chi connectivity index (χ0n) is 9.97. The van der Waals surface area contributed by atoms with Gasteiger partial charge in [0.05, 0.1) is 0 Å². The van der Waals surface area contributed by atoms with Crippen molar-refractivity contribution in [3.63, 3.8) is 0 Å². The van der Waals surface area contributed by atoms with Crippen molar-refractivity contribution in [2.24, 2.45) is 5.73 Å². The second-order valence-electron chi connectivity index (χ2n) is 4.37. The second kappa shape index (κ2) is 6.18. The van der Waals surface area contributed by atoms with Crippen LogP contribution in [-0.4, -0.2) is 41.0 Å².